The molecule has 1 aromatic carbocycles. The number of aliphatic hydroxyl groups excluding tert-OH is 2. The van der Waals surface area contributed by atoms with E-state index >= 15 is 0 Å². The Kier molecular flexibility index (Phi) is 10.0. The summed E-state index contributed by atoms with van der Waals surface area (Å²) in [6.45, 7) is 5.36. The topological polar surface area (TPSA) is 99.1 Å². The van der Waals surface area contributed by atoms with Gasteiger partial charge < -0.3 is 25.2 Å². The molecule has 8 heteroatoms. The molecule has 0 aromatic heterocycles. The molecule has 0 heterocycles. The lowest BCUT2D eigenvalue weighted by Gasteiger charge is -2.61. The summed E-state index contributed by atoms with van der Waals surface area (Å²) < 4.78 is 7.25. The van der Waals surface area contributed by atoms with Gasteiger partial charge in [0.1, 0.15) is 18.0 Å². The highest BCUT2D eigenvalue weighted by atomic mass is 127. The van der Waals surface area contributed by atoms with Gasteiger partial charge in [-0.1, -0.05) is 51.7 Å². The molecule has 2 amide bonds. The van der Waals surface area contributed by atoms with Crippen LogP contribution in [0.5, 0.6) is 5.75 Å². The molecule has 3 N–H and O–H groups in total. The molecule has 0 aliphatic heterocycles. The Labute approximate surface area is 258 Å². The van der Waals surface area contributed by atoms with Crippen molar-refractivity contribution in [1.82, 2.24) is 10.2 Å². The van der Waals surface area contributed by atoms with E-state index in [4.69, 9.17) is 4.74 Å². The zero-order chi connectivity index (χ0) is 29.1. The summed E-state index contributed by atoms with van der Waals surface area (Å²) in [5.74, 6) is 2.78. The normalized spacial score (nSPS) is 30.7. The average Bonchev–Trinajstić information content (AvgIpc) is 3.49. The zero-order valence-corrected chi connectivity index (χ0v) is 26.7. The quantitative estimate of drug-likeness (QED) is 0.284. The van der Waals surface area contributed by atoms with Crippen LogP contribution in [0.15, 0.2) is 35.9 Å². The van der Waals surface area contributed by atoms with Crippen molar-refractivity contribution >= 4 is 34.4 Å². The minimum absolute atomic E-state index is 0.0882. The number of carbonyl (C=O) groups excluding carboxylic acids is 2. The van der Waals surface area contributed by atoms with Gasteiger partial charge in [0.25, 0.3) is 0 Å². The number of nitrogens with one attached hydrogen (secondary N) is 1. The first-order chi connectivity index (χ1) is 19.7. The number of benzene rings is 1. The number of fused-ring (bicyclic) bond motifs is 2. The van der Waals surface area contributed by atoms with Gasteiger partial charge >= 0.3 is 0 Å². The van der Waals surface area contributed by atoms with Crippen molar-refractivity contribution in [3.63, 3.8) is 0 Å². The van der Waals surface area contributed by atoms with Crippen LogP contribution in [0.4, 0.5) is 0 Å². The number of carbonyl (C=O) groups is 2. The highest BCUT2D eigenvalue weighted by Gasteiger charge is 2.55. The van der Waals surface area contributed by atoms with Gasteiger partial charge in [-0.05, 0) is 95.6 Å². The summed E-state index contributed by atoms with van der Waals surface area (Å²) in [7, 11) is 0. The standard InChI is InChI=1S/C33H47IN2O5/c1-33(2)24-13-12-22(25(33)19-24)20-36(30(38)14-11-21-7-3-4-8-21)27-17-23(32(40)35-15-16-37)18-29(31(27)39)41-28-10-6-5-9-26(28)34/h5-6,9-10,18,21-22,24-25,27,29,31,37,39H,3-4,7-8,11-17,19-20H2,1-2H3,(H,35,40). The van der Waals surface area contributed by atoms with Gasteiger partial charge in [-0.25, -0.2) is 0 Å². The van der Waals surface area contributed by atoms with Crippen molar-refractivity contribution in [3.05, 3.63) is 39.5 Å². The predicted octanol–water partition coefficient (Wildman–Crippen LogP) is 5.08. The van der Waals surface area contributed by atoms with Crippen LogP contribution < -0.4 is 10.1 Å². The van der Waals surface area contributed by atoms with E-state index < -0.39 is 18.2 Å². The Morgan fingerprint density at radius 3 is 2.59 bits per heavy atom. The molecule has 6 unspecified atom stereocenters. The Morgan fingerprint density at radius 2 is 1.90 bits per heavy atom. The van der Waals surface area contributed by atoms with Gasteiger partial charge in [-0.15, -0.1) is 0 Å². The predicted molar refractivity (Wildman–Crippen MR) is 167 cm³/mol. The first kappa shape index (κ1) is 30.8. The first-order valence-electron chi connectivity index (χ1n) is 15.7. The molecule has 0 spiro atoms. The number of amides is 2. The molecule has 6 atom stereocenters. The van der Waals surface area contributed by atoms with E-state index in [1.54, 1.807) is 6.08 Å². The van der Waals surface area contributed by atoms with Gasteiger partial charge in [-0.3, -0.25) is 9.59 Å². The molecule has 6 rings (SSSR count). The number of rotatable bonds is 11. The summed E-state index contributed by atoms with van der Waals surface area (Å²) in [6, 6.07) is 7.06. The molecule has 2 bridgehead atoms. The van der Waals surface area contributed by atoms with Crippen molar-refractivity contribution in [2.24, 2.45) is 29.1 Å². The van der Waals surface area contributed by atoms with Crippen LogP contribution in [0.25, 0.3) is 0 Å². The molecule has 41 heavy (non-hydrogen) atoms. The Balaban J connectivity index is 1.42. The van der Waals surface area contributed by atoms with Crippen LogP contribution in [0.1, 0.15) is 78.1 Å². The second kappa shape index (κ2) is 13.3. The highest BCUT2D eigenvalue weighted by molar-refractivity contribution is 14.1. The van der Waals surface area contributed by atoms with Gasteiger partial charge in [0.05, 0.1) is 16.2 Å². The SMILES string of the molecule is CC1(C)C2CCC(CN(C(=O)CCC3CCCC3)C3CC(C(=O)NCCO)=CC(Oc4ccccc4I)C3O)C1C2. The zero-order valence-electron chi connectivity index (χ0n) is 24.6. The summed E-state index contributed by atoms with van der Waals surface area (Å²) in [5, 5.41) is 23.9. The second-order valence-corrected chi connectivity index (χ2v) is 14.5. The smallest absolute Gasteiger partial charge is 0.247 e. The second-order valence-electron chi connectivity index (χ2n) is 13.4. The fourth-order valence-electron chi connectivity index (χ4n) is 8.09. The highest BCUT2D eigenvalue weighted by Crippen LogP contribution is 2.61. The van der Waals surface area contributed by atoms with Crippen molar-refractivity contribution in [2.45, 2.75) is 96.3 Å². The average molecular weight is 679 g/mol. The van der Waals surface area contributed by atoms with Crippen molar-refractivity contribution in [1.29, 1.82) is 0 Å². The third kappa shape index (κ3) is 6.80. The van der Waals surface area contributed by atoms with Crippen LogP contribution in [-0.2, 0) is 9.59 Å². The maximum Gasteiger partial charge on any atom is 0.247 e. The third-order valence-electron chi connectivity index (χ3n) is 10.7. The summed E-state index contributed by atoms with van der Waals surface area (Å²) >= 11 is 2.21. The van der Waals surface area contributed by atoms with E-state index in [0.29, 0.717) is 42.0 Å². The number of aliphatic hydroxyl groups is 2. The molecule has 0 saturated heterocycles. The van der Waals surface area contributed by atoms with E-state index in [1.165, 1.54) is 38.5 Å². The monoisotopic (exact) mass is 678 g/mol. The minimum Gasteiger partial charge on any atom is -0.482 e. The summed E-state index contributed by atoms with van der Waals surface area (Å²) in [4.78, 5) is 29.2. The molecule has 5 aliphatic carbocycles. The Hall–Kier alpha value is -1.65. The Morgan fingerprint density at radius 1 is 1.15 bits per heavy atom. The minimum atomic E-state index is -0.971. The van der Waals surface area contributed by atoms with E-state index in [-0.39, 0.29) is 36.8 Å². The summed E-state index contributed by atoms with van der Waals surface area (Å²) in [5.41, 5.74) is 0.781. The number of hydrogen-bond donors (Lipinski definition) is 3. The van der Waals surface area contributed by atoms with Crippen molar-refractivity contribution in [3.8, 4) is 5.75 Å². The van der Waals surface area contributed by atoms with Crippen LogP contribution in [-0.4, -0.2) is 64.9 Å². The van der Waals surface area contributed by atoms with Crippen LogP contribution in [0, 0.1) is 32.7 Å². The third-order valence-corrected chi connectivity index (χ3v) is 11.6. The molecule has 0 radical (unpaired) electrons. The number of nitrogens with zero attached hydrogens (tertiary/aromatic N) is 1. The first-order valence-corrected chi connectivity index (χ1v) is 16.7. The van der Waals surface area contributed by atoms with Gasteiger partial charge in [0, 0.05) is 31.5 Å². The molecule has 5 aliphatic rings. The molecular formula is C33H47IN2O5. The van der Waals surface area contributed by atoms with E-state index in [9.17, 15) is 19.8 Å². The van der Waals surface area contributed by atoms with Gasteiger partial charge in [0.15, 0.2) is 0 Å². The lowest BCUT2D eigenvalue weighted by atomic mass is 9.45. The fraction of sp³-hybridized carbons (Fsp3) is 0.697. The van der Waals surface area contributed by atoms with E-state index in [1.807, 2.05) is 29.2 Å². The lowest BCUT2D eigenvalue weighted by molar-refractivity contribution is -0.148. The van der Waals surface area contributed by atoms with Gasteiger partial charge in [-0.2, -0.15) is 0 Å². The lowest BCUT2D eigenvalue weighted by Crippen LogP contribution is -2.59. The Bertz CT molecular complexity index is 1110. The number of hydrogen-bond acceptors (Lipinski definition) is 5. The summed E-state index contributed by atoms with van der Waals surface area (Å²) in [6.07, 6.45) is 10.0. The molecule has 7 nitrogen and oxygen atoms in total. The van der Waals surface area contributed by atoms with E-state index in [2.05, 4.69) is 41.8 Å². The molecule has 226 valence electrons. The molecule has 4 fully saturated rings. The molecule has 1 aromatic rings. The number of ether oxygens (including phenoxy) is 1. The van der Waals surface area contributed by atoms with Crippen LogP contribution in [0.2, 0.25) is 0 Å². The number of para-hydroxylation sites is 1. The largest absolute Gasteiger partial charge is 0.482 e. The van der Waals surface area contributed by atoms with Crippen LogP contribution >= 0.6 is 22.6 Å². The maximum atomic E-state index is 14.1. The van der Waals surface area contributed by atoms with Crippen molar-refractivity contribution in [2.75, 3.05) is 19.7 Å². The fourth-order valence-corrected chi connectivity index (χ4v) is 8.61. The van der Waals surface area contributed by atoms with Crippen LogP contribution in [0.3, 0.4) is 0 Å². The number of halogens is 1. The van der Waals surface area contributed by atoms with Crippen molar-refractivity contribution < 1.29 is 24.5 Å². The van der Waals surface area contributed by atoms with Gasteiger partial charge in [0.2, 0.25) is 11.8 Å². The maximum absolute atomic E-state index is 14.1. The van der Waals surface area contributed by atoms with E-state index in [0.717, 1.165) is 22.3 Å². The molecule has 4 saturated carbocycles. The molecular weight excluding hydrogens is 631 g/mol.